The molecule has 0 saturated carbocycles. The Morgan fingerprint density at radius 2 is 1.71 bits per heavy atom. The van der Waals surface area contributed by atoms with Crippen molar-refractivity contribution in [2.45, 2.75) is 70.6 Å². The van der Waals surface area contributed by atoms with E-state index in [-0.39, 0.29) is 12.5 Å². The third-order valence-corrected chi connectivity index (χ3v) is 6.36. The Labute approximate surface area is 202 Å². The zero-order valence-electron chi connectivity index (χ0n) is 20.1. The van der Waals surface area contributed by atoms with Crippen LogP contribution in [0.15, 0.2) is 60.7 Å². The summed E-state index contributed by atoms with van der Waals surface area (Å²) in [7, 11) is 0. The van der Waals surface area contributed by atoms with E-state index in [1.807, 2.05) is 60.7 Å². The van der Waals surface area contributed by atoms with Crippen LogP contribution in [-0.4, -0.2) is 48.4 Å². The summed E-state index contributed by atoms with van der Waals surface area (Å²) >= 11 is 0. The first-order valence-electron chi connectivity index (χ1n) is 12.4. The molecule has 1 saturated heterocycles. The van der Waals surface area contributed by atoms with E-state index >= 15 is 0 Å². The van der Waals surface area contributed by atoms with Crippen LogP contribution < -0.4 is 4.90 Å². The molecule has 0 aliphatic carbocycles. The van der Waals surface area contributed by atoms with Crippen LogP contribution in [0, 0.1) is 0 Å². The quantitative estimate of drug-likeness (QED) is 0.256. The molecule has 0 bridgehead atoms. The Balaban J connectivity index is 1.84. The van der Waals surface area contributed by atoms with Crippen LogP contribution in [0.4, 0.5) is 4.79 Å². The number of hydrogen-bond acceptors (Lipinski definition) is 4. The van der Waals surface area contributed by atoms with Crippen LogP contribution in [0.5, 0.6) is 0 Å². The van der Waals surface area contributed by atoms with E-state index in [4.69, 9.17) is 4.74 Å². The first-order chi connectivity index (χ1) is 16.6. The molecule has 2 aromatic carbocycles. The second kappa shape index (κ2) is 13.7. The third kappa shape index (κ3) is 7.26. The van der Waals surface area contributed by atoms with Crippen LogP contribution in [0.2, 0.25) is 0 Å². The van der Waals surface area contributed by atoms with Gasteiger partial charge >= 0.3 is 12.0 Å². The lowest BCUT2D eigenvalue weighted by molar-refractivity contribution is -0.133. The maximum Gasteiger partial charge on any atom is 0.410 e. The number of nitrogens with zero attached hydrogens (tertiary/aromatic N) is 2. The fraction of sp³-hybridized carbons (Fsp3) is 0.464. The Hall–Kier alpha value is -2.99. The maximum absolute atomic E-state index is 13.7. The molecule has 1 heterocycles. The molecule has 34 heavy (non-hydrogen) atoms. The van der Waals surface area contributed by atoms with Gasteiger partial charge in [0.2, 0.25) is 0 Å². The van der Waals surface area contributed by atoms with Crippen molar-refractivity contribution in [2.75, 3.05) is 13.1 Å². The minimum Gasteiger partial charge on any atom is -0.445 e. The highest BCUT2D eigenvalue weighted by Crippen LogP contribution is 2.20. The van der Waals surface area contributed by atoms with Crippen molar-refractivity contribution in [3.8, 4) is 0 Å². The predicted octanol–water partition coefficient (Wildman–Crippen LogP) is 4.84. The van der Waals surface area contributed by atoms with Crippen molar-refractivity contribution in [3.05, 3.63) is 71.8 Å². The molecule has 0 unspecified atom stereocenters. The number of aldehydes is 1. The van der Waals surface area contributed by atoms with E-state index in [1.165, 1.54) is 0 Å². The number of hydrogen-bond donors (Lipinski definition) is 0. The third-order valence-electron chi connectivity index (χ3n) is 6.36. The van der Waals surface area contributed by atoms with E-state index < -0.39 is 18.2 Å². The van der Waals surface area contributed by atoms with Crippen molar-refractivity contribution in [2.24, 2.45) is 0 Å². The van der Waals surface area contributed by atoms with Crippen molar-refractivity contribution >= 4 is 18.3 Å². The minimum absolute atomic E-state index is 0.151. The molecule has 181 valence electrons. The summed E-state index contributed by atoms with van der Waals surface area (Å²) in [5, 5.41) is 0. The maximum atomic E-state index is 13.7. The largest absolute Gasteiger partial charge is 0.445 e. The number of unbranched alkanes of at least 4 members (excludes halogenated alkanes) is 3. The van der Waals surface area contributed by atoms with Gasteiger partial charge in [0.05, 0.1) is 0 Å². The van der Waals surface area contributed by atoms with Gasteiger partial charge in [-0.05, 0) is 17.5 Å². The standard InChI is InChI=1S/C28H36N2O4/c1-2-3-4-11-18-30(28(33)34-22-24-15-9-6-10-16-24)26(20-23-13-7-5-8-14-23)27(32)29-19-12-17-25(29)21-31/h5-10,13-16,21,25-26H,2-4,11-12,17-20,22H2,1H3/q+1/t25-,26+/m0/s1. The summed E-state index contributed by atoms with van der Waals surface area (Å²) in [5.74, 6) is -0.175. The van der Waals surface area contributed by atoms with Crippen molar-refractivity contribution < 1.29 is 19.1 Å². The minimum atomic E-state index is -0.715. The van der Waals surface area contributed by atoms with Crippen LogP contribution >= 0.6 is 0 Å². The average Bonchev–Trinajstić information content (AvgIpc) is 3.36. The Morgan fingerprint density at radius 1 is 1.03 bits per heavy atom. The number of rotatable bonds is 12. The zero-order chi connectivity index (χ0) is 24.2. The summed E-state index contributed by atoms with van der Waals surface area (Å²) in [4.78, 5) is 41.9. The van der Waals surface area contributed by atoms with Gasteiger partial charge < -0.3 is 4.74 Å². The van der Waals surface area contributed by atoms with Crippen LogP contribution in [0.1, 0.15) is 56.6 Å². The van der Waals surface area contributed by atoms with Crippen molar-refractivity contribution in [1.29, 1.82) is 0 Å². The monoisotopic (exact) mass is 464 g/mol. The van der Waals surface area contributed by atoms with E-state index in [0.717, 1.165) is 49.5 Å². The highest BCUT2D eigenvalue weighted by molar-refractivity contribution is 5.90. The van der Waals surface area contributed by atoms with Gasteiger partial charge in [0.25, 0.3) is 0 Å². The van der Waals surface area contributed by atoms with Gasteiger partial charge in [-0.2, -0.15) is 0 Å². The average molecular weight is 465 g/mol. The number of carbonyl (C=O) groups is 3. The summed E-state index contributed by atoms with van der Waals surface area (Å²) in [6.07, 6.45) is 6.14. The molecule has 1 aliphatic rings. The molecule has 0 spiro atoms. The molecule has 1 radical (unpaired) electrons. The van der Waals surface area contributed by atoms with Gasteiger partial charge in [-0.25, -0.2) is 9.59 Å². The molecule has 2 aromatic rings. The van der Waals surface area contributed by atoms with Gasteiger partial charge in [-0.1, -0.05) is 91.7 Å². The van der Waals surface area contributed by atoms with Crippen LogP contribution in [-0.2, 0) is 27.4 Å². The molecule has 0 N–H and O–H groups in total. The van der Waals surface area contributed by atoms with Crippen molar-refractivity contribution in [3.63, 3.8) is 0 Å². The van der Waals surface area contributed by atoms with E-state index in [1.54, 1.807) is 9.80 Å². The molecule has 6 nitrogen and oxygen atoms in total. The number of benzene rings is 2. The molecule has 6 heteroatoms. The van der Waals surface area contributed by atoms with Gasteiger partial charge in [-0.15, -0.1) is 0 Å². The predicted molar refractivity (Wildman–Crippen MR) is 133 cm³/mol. The summed E-state index contributed by atoms with van der Waals surface area (Å²) in [6, 6.07) is 18.1. The summed E-state index contributed by atoms with van der Waals surface area (Å²) < 4.78 is 5.68. The topological polar surface area (TPSA) is 69.6 Å². The lowest BCUT2D eigenvalue weighted by Gasteiger charge is -2.29. The first kappa shape index (κ1) is 25.6. The second-order valence-electron chi connectivity index (χ2n) is 8.88. The molecule has 1 aliphatic heterocycles. The van der Waals surface area contributed by atoms with Gasteiger partial charge in [0.15, 0.2) is 18.4 Å². The van der Waals surface area contributed by atoms with Crippen LogP contribution in [0.3, 0.4) is 0 Å². The summed E-state index contributed by atoms with van der Waals surface area (Å²) in [5.41, 5.74) is 1.87. The normalized spacial score (nSPS) is 16.7. The highest BCUT2D eigenvalue weighted by atomic mass is 16.6. The number of amides is 2. The molecule has 1 fully saturated rings. The Kier molecular flexibility index (Phi) is 10.3. The summed E-state index contributed by atoms with van der Waals surface area (Å²) in [6.45, 7) is 3.27. The van der Waals surface area contributed by atoms with Crippen molar-refractivity contribution in [1.82, 2.24) is 9.80 Å². The Morgan fingerprint density at radius 3 is 2.35 bits per heavy atom. The SMILES string of the molecule is CCCCCCN(C(=O)OCc1ccccc1)[C@H](Cc1ccccc1)C(=O)[N+]1CCC[C@H]1C=O. The molecule has 2 amide bonds. The van der Waals surface area contributed by atoms with Gasteiger partial charge in [0.1, 0.15) is 13.2 Å². The lowest BCUT2D eigenvalue weighted by atomic mass is 10.0. The first-order valence-corrected chi connectivity index (χ1v) is 12.4. The molecular weight excluding hydrogens is 428 g/mol. The lowest BCUT2D eigenvalue weighted by Crippen LogP contribution is -2.56. The smallest absolute Gasteiger partial charge is 0.410 e. The molecular formula is C28H36N2O4+. The number of ether oxygens (including phenoxy) is 1. The molecule has 2 atom stereocenters. The van der Waals surface area contributed by atoms with E-state index in [9.17, 15) is 14.4 Å². The number of likely N-dealkylation sites (tertiary alicyclic amines) is 1. The number of carbonyl (C=O) groups excluding carboxylic acids is 3. The molecule has 3 rings (SSSR count). The highest BCUT2D eigenvalue weighted by Gasteiger charge is 2.46. The van der Waals surface area contributed by atoms with E-state index in [2.05, 4.69) is 6.92 Å². The fourth-order valence-electron chi connectivity index (χ4n) is 4.45. The van der Waals surface area contributed by atoms with Gasteiger partial charge in [0, 0.05) is 25.8 Å². The Bertz CT molecular complexity index is 903. The second-order valence-corrected chi connectivity index (χ2v) is 8.88. The zero-order valence-corrected chi connectivity index (χ0v) is 20.1. The van der Waals surface area contributed by atoms with Gasteiger partial charge in [-0.3, -0.25) is 9.69 Å². The molecule has 0 aromatic heterocycles. The fourth-order valence-corrected chi connectivity index (χ4v) is 4.45. The van der Waals surface area contributed by atoms with Crippen LogP contribution in [0.25, 0.3) is 0 Å². The van der Waals surface area contributed by atoms with E-state index in [0.29, 0.717) is 25.9 Å².